The summed E-state index contributed by atoms with van der Waals surface area (Å²) < 4.78 is 10.4. The molecule has 1 N–H and O–H groups in total. The van der Waals surface area contributed by atoms with E-state index in [0.717, 1.165) is 5.75 Å². The molecule has 0 heterocycles. The second-order valence-corrected chi connectivity index (χ2v) is 3.41. The Morgan fingerprint density at radius 1 is 1.35 bits per heavy atom. The maximum Gasteiger partial charge on any atom is 0.119 e. The van der Waals surface area contributed by atoms with Crippen LogP contribution in [0.3, 0.4) is 0 Å². The Morgan fingerprint density at radius 2 is 2.00 bits per heavy atom. The number of aliphatic hydroxyl groups is 1. The number of benzene rings is 1. The van der Waals surface area contributed by atoms with E-state index in [-0.39, 0.29) is 6.61 Å². The summed E-state index contributed by atoms with van der Waals surface area (Å²) in [6.07, 6.45) is 2.75. The number of hydrogen-bond donors (Lipinski definition) is 1. The first kappa shape index (κ1) is 13.1. The zero-order valence-corrected chi connectivity index (χ0v) is 9.67. The zero-order valence-electron chi connectivity index (χ0n) is 9.67. The van der Waals surface area contributed by atoms with E-state index in [0.29, 0.717) is 12.2 Å². The van der Waals surface area contributed by atoms with Gasteiger partial charge in [-0.1, -0.05) is 6.08 Å². The minimum Gasteiger partial charge on any atom is -0.497 e. The van der Waals surface area contributed by atoms with Crippen LogP contribution in [-0.2, 0) is 0 Å². The summed E-state index contributed by atoms with van der Waals surface area (Å²) >= 11 is 0. The highest BCUT2D eigenvalue weighted by Crippen LogP contribution is 2.17. The van der Waals surface area contributed by atoms with E-state index < -0.39 is 6.10 Å². The molecule has 1 rings (SSSR count). The number of aliphatic hydroxyl groups excluding tert-OH is 1. The van der Waals surface area contributed by atoms with E-state index in [1.54, 1.807) is 37.5 Å². The van der Waals surface area contributed by atoms with E-state index in [2.05, 4.69) is 0 Å². The SMILES string of the molecule is COc1ccc(OC[C@H](O)C/C=C\C#N)cc1. The lowest BCUT2D eigenvalue weighted by Gasteiger charge is -2.10. The van der Waals surface area contributed by atoms with Gasteiger partial charge in [-0.25, -0.2) is 0 Å². The summed E-state index contributed by atoms with van der Waals surface area (Å²) in [5.74, 6) is 1.43. The average Bonchev–Trinajstić information content (AvgIpc) is 2.37. The Morgan fingerprint density at radius 3 is 2.59 bits per heavy atom. The molecule has 0 aliphatic carbocycles. The standard InChI is InChI=1S/C13H15NO3/c1-16-12-5-7-13(8-6-12)17-10-11(15)4-2-3-9-14/h2-3,5-8,11,15H,4,10H2,1H3/b3-2-/t11-/m1/s1. The van der Waals surface area contributed by atoms with Crippen molar-refractivity contribution >= 4 is 0 Å². The molecular weight excluding hydrogens is 218 g/mol. The molecule has 0 aliphatic heterocycles. The van der Waals surface area contributed by atoms with E-state index >= 15 is 0 Å². The Balaban J connectivity index is 2.34. The van der Waals surface area contributed by atoms with Crippen LogP contribution in [0.15, 0.2) is 36.4 Å². The number of hydrogen-bond acceptors (Lipinski definition) is 4. The number of allylic oxidation sites excluding steroid dienone is 1. The van der Waals surface area contributed by atoms with Crippen LogP contribution in [-0.4, -0.2) is 24.9 Å². The van der Waals surface area contributed by atoms with Gasteiger partial charge in [0.1, 0.15) is 18.1 Å². The molecule has 4 nitrogen and oxygen atoms in total. The van der Waals surface area contributed by atoms with Crippen LogP contribution >= 0.6 is 0 Å². The largest absolute Gasteiger partial charge is 0.497 e. The van der Waals surface area contributed by atoms with Crippen molar-refractivity contribution in [2.45, 2.75) is 12.5 Å². The summed E-state index contributed by atoms with van der Waals surface area (Å²) in [6.45, 7) is 0.197. The van der Waals surface area contributed by atoms with E-state index in [9.17, 15) is 5.11 Å². The maximum atomic E-state index is 9.53. The van der Waals surface area contributed by atoms with Crippen LogP contribution in [0.2, 0.25) is 0 Å². The first-order valence-corrected chi connectivity index (χ1v) is 5.26. The molecule has 17 heavy (non-hydrogen) atoms. The van der Waals surface area contributed by atoms with Gasteiger partial charge in [0.25, 0.3) is 0 Å². The number of rotatable bonds is 6. The molecular formula is C13H15NO3. The van der Waals surface area contributed by atoms with E-state index in [4.69, 9.17) is 14.7 Å². The van der Waals surface area contributed by atoms with Gasteiger partial charge in [-0.05, 0) is 30.7 Å². The van der Waals surface area contributed by atoms with Gasteiger partial charge in [0.15, 0.2) is 0 Å². The highest BCUT2D eigenvalue weighted by Gasteiger charge is 2.03. The predicted molar refractivity (Wildman–Crippen MR) is 63.9 cm³/mol. The van der Waals surface area contributed by atoms with Gasteiger partial charge in [0.05, 0.1) is 19.3 Å². The molecule has 0 spiro atoms. The highest BCUT2D eigenvalue weighted by molar-refractivity contribution is 5.31. The number of nitrogens with zero attached hydrogens (tertiary/aromatic N) is 1. The number of ether oxygens (including phenoxy) is 2. The minimum absolute atomic E-state index is 0.197. The summed E-state index contributed by atoms with van der Waals surface area (Å²) in [6, 6.07) is 8.99. The fourth-order valence-electron chi connectivity index (χ4n) is 1.21. The average molecular weight is 233 g/mol. The summed E-state index contributed by atoms with van der Waals surface area (Å²) in [5.41, 5.74) is 0. The van der Waals surface area contributed by atoms with Crippen molar-refractivity contribution < 1.29 is 14.6 Å². The first-order valence-electron chi connectivity index (χ1n) is 5.26. The Bertz CT molecular complexity index is 392. The fourth-order valence-corrected chi connectivity index (χ4v) is 1.21. The lowest BCUT2D eigenvalue weighted by atomic mass is 10.2. The molecule has 0 saturated carbocycles. The zero-order chi connectivity index (χ0) is 12.5. The molecule has 0 amide bonds. The molecule has 0 fully saturated rings. The van der Waals surface area contributed by atoms with Crippen LogP contribution in [0.1, 0.15) is 6.42 Å². The van der Waals surface area contributed by atoms with Gasteiger partial charge < -0.3 is 14.6 Å². The van der Waals surface area contributed by atoms with Gasteiger partial charge >= 0.3 is 0 Å². The third-order valence-corrected chi connectivity index (χ3v) is 2.10. The van der Waals surface area contributed by atoms with Crippen LogP contribution in [0.4, 0.5) is 0 Å². The molecule has 0 unspecified atom stereocenters. The van der Waals surface area contributed by atoms with Crippen LogP contribution < -0.4 is 9.47 Å². The normalized spacial score (nSPS) is 12.1. The third-order valence-electron chi connectivity index (χ3n) is 2.10. The number of nitriles is 1. The summed E-state index contributed by atoms with van der Waals surface area (Å²) in [4.78, 5) is 0. The van der Waals surface area contributed by atoms with Crippen molar-refractivity contribution in [3.63, 3.8) is 0 Å². The molecule has 4 heteroatoms. The van der Waals surface area contributed by atoms with Crippen molar-refractivity contribution in [3.05, 3.63) is 36.4 Å². The molecule has 0 aliphatic rings. The van der Waals surface area contributed by atoms with Crippen LogP contribution in [0, 0.1) is 11.3 Å². The van der Waals surface area contributed by atoms with E-state index in [1.165, 1.54) is 6.08 Å². The van der Waals surface area contributed by atoms with E-state index in [1.807, 2.05) is 6.07 Å². The minimum atomic E-state index is -0.610. The highest BCUT2D eigenvalue weighted by atomic mass is 16.5. The van der Waals surface area contributed by atoms with Gasteiger partial charge in [0.2, 0.25) is 0 Å². The van der Waals surface area contributed by atoms with Crippen LogP contribution in [0.25, 0.3) is 0 Å². The van der Waals surface area contributed by atoms with Crippen molar-refractivity contribution in [1.82, 2.24) is 0 Å². The van der Waals surface area contributed by atoms with Gasteiger partial charge in [-0.15, -0.1) is 0 Å². The lowest BCUT2D eigenvalue weighted by molar-refractivity contribution is 0.110. The second kappa shape index (κ2) is 7.31. The van der Waals surface area contributed by atoms with Gasteiger partial charge in [-0.2, -0.15) is 5.26 Å². The third kappa shape index (κ3) is 5.05. The predicted octanol–water partition coefficient (Wildman–Crippen LogP) is 1.90. The van der Waals surface area contributed by atoms with Crippen LogP contribution in [0.5, 0.6) is 11.5 Å². The lowest BCUT2D eigenvalue weighted by Crippen LogP contribution is -2.16. The van der Waals surface area contributed by atoms with Gasteiger partial charge in [-0.3, -0.25) is 0 Å². The molecule has 90 valence electrons. The molecule has 1 atom stereocenters. The van der Waals surface area contributed by atoms with Gasteiger partial charge in [0, 0.05) is 6.08 Å². The van der Waals surface area contributed by atoms with Crippen molar-refractivity contribution in [1.29, 1.82) is 5.26 Å². The molecule has 1 aromatic rings. The molecule has 0 radical (unpaired) electrons. The maximum absolute atomic E-state index is 9.53. The monoisotopic (exact) mass is 233 g/mol. The summed E-state index contributed by atoms with van der Waals surface area (Å²) in [7, 11) is 1.60. The quantitative estimate of drug-likeness (QED) is 0.762. The molecule has 0 saturated heterocycles. The Hall–Kier alpha value is -1.99. The Labute approximate surface area is 101 Å². The van der Waals surface area contributed by atoms with Crippen molar-refractivity contribution in [2.75, 3.05) is 13.7 Å². The second-order valence-electron chi connectivity index (χ2n) is 3.41. The number of methoxy groups -OCH3 is 1. The summed E-state index contributed by atoms with van der Waals surface area (Å²) in [5, 5.41) is 17.8. The van der Waals surface area contributed by atoms with Crippen molar-refractivity contribution in [3.8, 4) is 17.6 Å². The molecule has 1 aromatic carbocycles. The smallest absolute Gasteiger partial charge is 0.119 e. The van der Waals surface area contributed by atoms with Crippen molar-refractivity contribution in [2.24, 2.45) is 0 Å². The first-order chi connectivity index (χ1) is 8.26. The molecule has 0 aromatic heterocycles. The fraction of sp³-hybridized carbons (Fsp3) is 0.308. The Kier molecular flexibility index (Phi) is 5.62. The molecule has 0 bridgehead atoms. The topological polar surface area (TPSA) is 62.5 Å².